The lowest BCUT2D eigenvalue weighted by Gasteiger charge is -2.38. The Hall–Kier alpha value is -2.20. The molecule has 0 spiro atoms. The molecule has 0 amide bonds. The van der Waals surface area contributed by atoms with Gasteiger partial charge in [0.25, 0.3) is 0 Å². The normalized spacial score (nSPS) is 25.8. The molecule has 2 aliphatic rings. The van der Waals surface area contributed by atoms with Crippen LogP contribution < -0.4 is 0 Å². The lowest BCUT2D eigenvalue weighted by Crippen LogP contribution is -2.42. The molecule has 26 heavy (non-hydrogen) atoms. The van der Waals surface area contributed by atoms with E-state index < -0.39 is 0 Å². The second kappa shape index (κ2) is 6.51. The molecule has 2 saturated heterocycles. The van der Waals surface area contributed by atoms with Gasteiger partial charge in [-0.05, 0) is 67.9 Å². The molecule has 3 aromatic rings. The van der Waals surface area contributed by atoms with Gasteiger partial charge in [-0.2, -0.15) is 0 Å². The number of aromatic nitrogens is 2. The van der Waals surface area contributed by atoms with Crippen molar-refractivity contribution in [2.45, 2.75) is 50.7 Å². The molecule has 2 fully saturated rings. The number of nitrogens with zero attached hydrogens (tertiary/aromatic N) is 2. The highest BCUT2D eigenvalue weighted by Crippen LogP contribution is 2.40. The summed E-state index contributed by atoms with van der Waals surface area (Å²) >= 11 is 0. The smallest absolute Gasteiger partial charge is 0.123 e. The topological polar surface area (TPSA) is 31.9 Å². The number of para-hydroxylation sites is 2. The van der Waals surface area contributed by atoms with Gasteiger partial charge in [-0.3, -0.25) is 4.90 Å². The first-order valence-electron chi connectivity index (χ1n) is 9.68. The molecule has 2 unspecified atom stereocenters. The van der Waals surface area contributed by atoms with Gasteiger partial charge in [0.1, 0.15) is 11.6 Å². The number of piperidine rings is 1. The fourth-order valence-electron chi connectivity index (χ4n) is 5.02. The summed E-state index contributed by atoms with van der Waals surface area (Å²) in [6.07, 6.45) is 6.16. The van der Waals surface area contributed by atoms with Crippen molar-refractivity contribution in [1.82, 2.24) is 14.9 Å². The van der Waals surface area contributed by atoms with E-state index in [1.54, 1.807) is 12.1 Å². The summed E-state index contributed by atoms with van der Waals surface area (Å²) in [5, 5.41) is 0. The highest BCUT2D eigenvalue weighted by Gasteiger charge is 2.40. The van der Waals surface area contributed by atoms with Crippen molar-refractivity contribution in [1.29, 1.82) is 0 Å². The van der Waals surface area contributed by atoms with Crippen LogP contribution in [0.5, 0.6) is 0 Å². The van der Waals surface area contributed by atoms with E-state index in [-0.39, 0.29) is 5.82 Å². The first kappa shape index (κ1) is 16.0. The van der Waals surface area contributed by atoms with Gasteiger partial charge >= 0.3 is 0 Å². The fourth-order valence-corrected chi connectivity index (χ4v) is 5.02. The molecular weight excluding hydrogens is 325 g/mol. The molecule has 4 heteroatoms. The number of fused-ring (bicyclic) bond motifs is 3. The third-order valence-corrected chi connectivity index (χ3v) is 6.19. The first-order valence-corrected chi connectivity index (χ1v) is 9.68. The van der Waals surface area contributed by atoms with Crippen molar-refractivity contribution >= 4 is 11.0 Å². The maximum Gasteiger partial charge on any atom is 0.123 e. The predicted molar refractivity (Wildman–Crippen MR) is 101 cm³/mol. The molecule has 1 aromatic heterocycles. The molecule has 0 radical (unpaired) electrons. The number of hydrogen-bond donors (Lipinski definition) is 1. The van der Waals surface area contributed by atoms with Crippen molar-refractivity contribution in [3.05, 3.63) is 65.7 Å². The van der Waals surface area contributed by atoms with Gasteiger partial charge in [0.15, 0.2) is 0 Å². The van der Waals surface area contributed by atoms with Gasteiger partial charge < -0.3 is 4.98 Å². The van der Waals surface area contributed by atoms with E-state index in [0.717, 1.165) is 29.8 Å². The summed E-state index contributed by atoms with van der Waals surface area (Å²) in [6.45, 7) is 0.924. The molecule has 1 N–H and O–H groups in total. The Kier molecular flexibility index (Phi) is 4.01. The Bertz CT molecular complexity index is 854. The highest BCUT2D eigenvalue weighted by atomic mass is 19.1. The minimum Gasteiger partial charge on any atom is -0.341 e. The summed E-state index contributed by atoms with van der Waals surface area (Å²) in [5.41, 5.74) is 3.45. The van der Waals surface area contributed by atoms with Gasteiger partial charge in [-0.15, -0.1) is 0 Å². The Balaban J connectivity index is 1.27. The van der Waals surface area contributed by atoms with Crippen LogP contribution in [0.4, 0.5) is 4.39 Å². The molecule has 2 atom stereocenters. The molecule has 5 rings (SSSR count). The van der Waals surface area contributed by atoms with E-state index in [2.05, 4.69) is 28.1 Å². The standard InChI is InChI=1S/C22H24FN3/c23-17-7-5-15(6-8-17)11-16-12-18-9-10-19(13-16)26(18)14-22-24-20-3-1-2-4-21(20)25-22/h1-8,16,18-19H,9-14H2,(H,24,25). The van der Waals surface area contributed by atoms with Crippen LogP contribution in [0.2, 0.25) is 0 Å². The lowest BCUT2D eigenvalue weighted by molar-refractivity contribution is 0.0937. The fraction of sp³-hybridized carbons (Fsp3) is 0.409. The number of halogens is 1. The van der Waals surface area contributed by atoms with Gasteiger partial charge in [-0.1, -0.05) is 24.3 Å². The molecule has 2 bridgehead atoms. The first-order chi connectivity index (χ1) is 12.7. The number of rotatable bonds is 4. The van der Waals surface area contributed by atoms with Crippen LogP contribution in [-0.2, 0) is 13.0 Å². The third kappa shape index (κ3) is 3.03. The second-order valence-electron chi connectivity index (χ2n) is 7.93. The van der Waals surface area contributed by atoms with Crippen LogP contribution in [-0.4, -0.2) is 27.0 Å². The second-order valence-corrected chi connectivity index (χ2v) is 7.93. The van der Waals surface area contributed by atoms with Crippen LogP contribution in [0, 0.1) is 11.7 Å². The predicted octanol–water partition coefficient (Wildman–Crippen LogP) is 4.69. The van der Waals surface area contributed by atoms with Crippen LogP contribution in [0.15, 0.2) is 48.5 Å². The monoisotopic (exact) mass is 349 g/mol. The molecule has 2 aliphatic heterocycles. The maximum atomic E-state index is 13.1. The Morgan fingerprint density at radius 2 is 1.73 bits per heavy atom. The van der Waals surface area contributed by atoms with Crippen LogP contribution in [0.25, 0.3) is 11.0 Å². The van der Waals surface area contributed by atoms with Crippen molar-refractivity contribution in [3.8, 4) is 0 Å². The largest absolute Gasteiger partial charge is 0.341 e. The van der Waals surface area contributed by atoms with E-state index in [1.165, 1.54) is 31.2 Å². The van der Waals surface area contributed by atoms with Crippen molar-refractivity contribution in [2.75, 3.05) is 0 Å². The summed E-state index contributed by atoms with van der Waals surface area (Å²) in [7, 11) is 0. The zero-order valence-corrected chi connectivity index (χ0v) is 14.9. The number of benzene rings is 2. The van der Waals surface area contributed by atoms with Gasteiger partial charge in [-0.25, -0.2) is 9.37 Å². The number of nitrogens with one attached hydrogen (secondary N) is 1. The number of hydrogen-bond acceptors (Lipinski definition) is 2. The van der Waals surface area contributed by atoms with E-state index in [0.29, 0.717) is 18.0 Å². The van der Waals surface area contributed by atoms with Crippen molar-refractivity contribution in [3.63, 3.8) is 0 Å². The minimum absolute atomic E-state index is 0.144. The zero-order valence-electron chi connectivity index (χ0n) is 14.9. The minimum atomic E-state index is -0.144. The highest BCUT2D eigenvalue weighted by molar-refractivity contribution is 5.74. The Morgan fingerprint density at radius 3 is 2.46 bits per heavy atom. The number of H-pyrrole nitrogens is 1. The third-order valence-electron chi connectivity index (χ3n) is 6.19. The quantitative estimate of drug-likeness (QED) is 0.741. The van der Waals surface area contributed by atoms with Gasteiger partial charge in [0, 0.05) is 12.1 Å². The number of aromatic amines is 1. The molecule has 0 aliphatic carbocycles. The zero-order chi connectivity index (χ0) is 17.5. The van der Waals surface area contributed by atoms with Gasteiger partial charge in [0.2, 0.25) is 0 Å². The van der Waals surface area contributed by atoms with Crippen molar-refractivity contribution in [2.24, 2.45) is 5.92 Å². The molecule has 3 nitrogen and oxygen atoms in total. The van der Waals surface area contributed by atoms with E-state index >= 15 is 0 Å². The maximum absolute atomic E-state index is 13.1. The Morgan fingerprint density at radius 1 is 1.00 bits per heavy atom. The Labute approximate surface area is 153 Å². The van der Waals surface area contributed by atoms with E-state index in [9.17, 15) is 4.39 Å². The molecule has 134 valence electrons. The van der Waals surface area contributed by atoms with Crippen LogP contribution in [0.3, 0.4) is 0 Å². The number of imidazole rings is 1. The summed E-state index contributed by atoms with van der Waals surface area (Å²) in [4.78, 5) is 10.9. The van der Waals surface area contributed by atoms with Gasteiger partial charge in [0.05, 0.1) is 17.6 Å². The summed E-state index contributed by atoms with van der Waals surface area (Å²) in [5.74, 6) is 1.65. The summed E-state index contributed by atoms with van der Waals surface area (Å²) in [6, 6.07) is 16.6. The van der Waals surface area contributed by atoms with Crippen molar-refractivity contribution < 1.29 is 4.39 Å². The molecule has 2 aromatic carbocycles. The van der Waals surface area contributed by atoms with E-state index in [1.807, 2.05) is 18.2 Å². The van der Waals surface area contributed by atoms with Crippen LogP contribution in [0.1, 0.15) is 37.1 Å². The molecule has 3 heterocycles. The molecular formula is C22H24FN3. The summed E-state index contributed by atoms with van der Waals surface area (Å²) < 4.78 is 13.1. The van der Waals surface area contributed by atoms with Crippen LogP contribution >= 0.6 is 0 Å². The SMILES string of the molecule is Fc1ccc(CC2CC3CCC(C2)N3Cc2nc3ccccc3[nH]2)cc1. The average Bonchev–Trinajstić information content (AvgIpc) is 3.15. The molecule has 0 saturated carbocycles. The van der Waals surface area contributed by atoms with E-state index in [4.69, 9.17) is 4.98 Å². The lowest BCUT2D eigenvalue weighted by atomic mass is 9.86. The average molecular weight is 349 g/mol.